The van der Waals surface area contributed by atoms with Gasteiger partial charge in [-0.15, -0.1) is 0 Å². The average molecular weight is 663 g/mol. The fourth-order valence-electron chi connectivity index (χ4n) is 4.03. The molecular weight excluding hydrogens is 642 g/mol. The summed E-state index contributed by atoms with van der Waals surface area (Å²) < 4.78 is 8.07. The molecule has 200 valence electrons. The number of phenolic OH excluding ortho intramolecular Hbond substituents is 1. The lowest BCUT2D eigenvalue weighted by Gasteiger charge is -2.15. The van der Waals surface area contributed by atoms with E-state index in [-0.39, 0.29) is 11.3 Å². The average Bonchev–Trinajstić information content (AvgIpc) is 2.95. The number of hydrogen-bond donors (Lipinski definition) is 3. The van der Waals surface area contributed by atoms with Crippen LogP contribution in [0.1, 0.15) is 5.56 Å². The van der Waals surface area contributed by atoms with Gasteiger partial charge in [-0.05, 0) is 76.1 Å². The molecule has 1 aromatic heterocycles. The number of aromatic nitrogens is 2. The van der Waals surface area contributed by atoms with Gasteiger partial charge in [0.1, 0.15) is 5.82 Å². The van der Waals surface area contributed by atoms with Crippen LogP contribution in [0.15, 0.2) is 104 Å². The molecule has 0 saturated carbocycles. The number of nitrogens with one attached hydrogen (secondary N) is 2. The first kappa shape index (κ1) is 27.1. The molecule has 11 heteroatoms. The lowest BCUT2D eigenvalue weighted by molar-refractivity contribution is 0.252. The van der Waals surface area contributed by atoms with Crippen LogP contribution in [-0.4, -0.2) is 34.0 Å². The van der Waals surface area contributed by atoms with Crippen LogP contribution in [0.25, 0.3) is 28.0 Å². The van der Waals surface area contributed by atoms with Gasteiger partial charge < -0.3 is 15.2 Å². The van der Waals surface area contributed by atoms with Crippen LogP contribution in [0.2, 0.25) is 0 Å². The minimum atomic E-state index is -0.557. The summed E-state index contributed by atoms with van der Waals surface area (Å²) in [5.41, 5.74) is 5.20. The van der Waals surface area contributed by atoms with Crippen LogP contribution in [0.5, 0.6) is 11.5 Å². The normalized spacial score (nSPS) is 11.1. The first-order valence-corrected chi connectivity index (χ1v) is 13.5. The van der Waals surface area contributed by atoms with E-state index in [2.05, 4.69) is 47.7 Å². The molecule has 2 amide bonds. The van der Waals surface area contributed by atoms with E-state index in [1.165, 1.54) is 19.4 Å². The van der Waals surface area contributed by atoms with Gasteiger partial charge in [-0.2, -0.15) is 5.10 Å². The number of anilines is 1. The number of carbonyl (C=O) groups is 1. The summed E-state index contributed by atoms with van der Waals surface area (Å²) in [5.74, 6) is 0.789. The van der Waals surface area contributed by atoms with Crippen LogP contribution in [-0.2, 0) is 0 Å². The Kier molecular flexibility index (Phi) is 7.94. The molecule has 40 heavy (non-hydrogen) atoms. The lowest BCUT2D eigenvalue weighted by Crippen LogP contribution is -2.24. The number of methoxy groups -OCH3 is 1. The number of hydrogen-bond acceptors (Lipinski definition) is 6. The third-order valence-corrected chi connectivity index (χ3v) is 6.95. The Morgan fingerprint density at radius 2 is 1.77 bits per heavy atom. The van der Waals surface area contributed by atoms with Gasteiger partial charge in [0.05, 0.1) is 29.9 Å². The molecule has 3 N–H and O–H groups in total. The standard InChI is InChI=1S/C29H21Br2N5O4/c1-40-25-13-17(7-12-24(25)37)16-32-35-29(39)33-20-8-10-21(11-9-20)36-27(18-5-3-2-4-6-18)34-26-22(28(36)38)14-19(30)15-23(26)31/h2-16,37H,1H3,(H2,33,35,39)/b32-16+. The van der Waals surface area contributed by atoms with Gasteiger partial charge in [-0.1, -0.05) is 46.3 Å². The fourth-order valence-corrected chi connectivity index (χ4v) is 5.34. The van der Waals surface area contributed by atoms with Crippen molar-refractivity contribution in [2.75, 3.05) is 12.4 Å². The second-order valence-electron chi connectivity index (χ2n) is 8.53. The molecule has 0 fully saturated rings. The van der Waals surface area contributed by atoms with E-state index in [9.17, 15) is 14.7 Å². The molecule has 0 unspecified atom stereocenters. The molecule has 5 rings (SSSR count). The number of halogens is 2. The topological polar surface area (TPSA) is 118 Å². The van der Waals surface area contributed by atoms with Gasteiger partial charge in [0.15, 0.2) is 11.5 Å². The second-order valence-corrected chi connectivity index (χ2v) is 10.3. The van der Waals surface area contributed by atoms with Crippen molar-refractivity contribution >= 4 is 60.7 Å². The lowest BCUT2D eigenvalue weighted by atomic mass is 10.1. The number of urea groups is 1. The van der Waals surface area contributed by atoms with E-state index in [0.29, 0.717) is 43.9 Å². The van der Waals surface area contributed by atoms with E-state index >= 15 is 0 Å². The highest BCUT2D eigenvalue weighted by Crippen LogP contribution is 2.29. The summed E-state index contributed by atoms with van der Waals surface area (Å²) >= 11 is 6.99. The minimum absolute atomic E-state index is 0.00663. The van der Waals surface area contributed by atoms with Crippen LogP contribution in [0, 0.1) is 0 Å². The third-order valence-electron chi connectivity index (χ3n) is 5.89. The maximum atomic E-state index is 13.7. The van der Waals surface area contributed by atoms with Crippen molar-refractivity contribution in [3.63, 3.8) is 0 Å². The highest BCUT2D eigenvalue weighted by atomic mass is 79.9. The number of fused-ring (bicyclic) bond motifs is 1. The first-order valence-electron chi connectivity index (χ1n) is 11.9. The molecule has 4 aromatic carbocycles. The summed E-state index contributed by atoms with van der Waals surface area (Å²) in [6, 6.07) is 24.0. The van der Waals surface area contributed by atoms with Crippen molar-refractivity contribution in [1.82, 2.24) is 15.0 Å². The summed E-state index contributed by atoms with van der Waals surface area (Å²) in [6.07, 6.45) is 1.42. The van der Waals surface area contributed by atoms with Gasteiger partial charge in [0.25, 0.3) is 5.56 Å². The number of ether oxygens (including phenoxy) is 1. The number of benzene rings is 4. The SMILES string of the molecule is COc1cc(/C=N/NC(=O)Nc2ccc(-n3c(-c4ccccc4)nc4c(Br)cc(Br)cc4c3=O)cc2)ccc1O. The maximum Gasteiger partial charge on any atom is 0.339 e. The number of phenols is 1. The van der Waals surface area contributed by atoms with E-state index < -0.39 is 6.03 Å². The van der Waals surface area contributed by atoms with Crippen molar-refractivity contribution < 1.29 is 14.6 Å². The van der Waals surface area contributed by atoms with Crippen molar-refractivity contribution in [3.8, 4) is 28.6 Å². The van der Waals surface area contributed by atoms with Crippen molar-refractivity contribution in [2.45, 2.75) is 0 Å². The van der Waals surface area contributed by atoms with Crippen LogP contribution < -0.4 is 21.0 Å². The molecular formula is C29H21Br2N5O4. The summed E-state index contributed by atoms with van der Waals surface area (Å²) in [7, 11) is 1.44. The van der Waals surface area contributed by atoms with E-state index in [1.54, 1.807) is 47.0 Å². The zero-order valence-corrected chi connectivity index (χ0v) is 24.1. The molecule has 0 aliphatic rings. The van der Waals surface area contributed by atoms with Crippen molar-refractivity contribution in [3.05, 3.63) is 110 Å². The van der Waals surface area contributed by atoms with E-state index in [1.807, 2.05) is 36.4 Å². The predicted octanol–water partition coefficient (Wildman–Crippen LogP) is 6.45. The summed E-state index contributed by atoms with van der Waals surface area (Å²) in [5, 5.41) is 16.8. The highest BCUT2D eigenvalue weighted by molar-refractivity contribution is 9.11. The summed E-state index contributed by atoms with van der Waals surface area (Å²) in [4.78, 5) is 31.0. The molecule has 5 aromatic rings. The Hall–Kier alpha value is -4.48. The zero-order valence-electron chi connectivity index (χ0n) is 20.9. The maximum absolute atomic E-state index is 13.7. The zero-order chi connectivity index (χ0) is 28.2. The van der Waals surface area contributed by atoms with Gasteiger partial charge >= 0.3 is 6.03 Å². The number of carbonyl (C=O) groups excluding carboxylic acids is 1. The molecule has 1 heterocycles. The van der Waals surface area contributed by atoms with Crippen molar-refractivity contribution in [1.29, 1.82) is 0 Å². The molecule has 0 aliphatic carbocycles. The minimum Gasteiger partial charge on any atom is -0.504 e. The number of rotatable bonds is 6. The Balaban J connectivity index is 1.41. The fraction of sp³-hybridized carbons (Fsp3) is 0.0345. The van der Waals surface area contributed by atoms with Gasteiger partial charge in [0.2, 0.25) is 0 Å². The number of nitrogens with zero attached hydrogens (tertiary/aromatic N) is 3. The predicted molar refractivity (Wildman–Crippen MR) is 163 cm³/mol. The molecule has 0 spiro atoms. The Morgan fingerprint density at radius 3 is 2.50 bits per heavy atom. The Morgan fingerprint density at radius 1 is 1.02 bits per heavy atom. The number of amides is 2. The number of hydrazone groups is 1. The van der Waals surface area contributed by atoms with Crippen molar-refractivity contribution in [2.24, 2.45) is 5.10 Å². The second kappa shape index (κ2) is 11.7. The van der Waals surface area contributed by atoms with Gasteiger partial charge in [0, 0.05) is 20.2 Å². The Labute approximate surface area is 245 Å². The Bertz CT molecular complexity index is 1810. The number of aromatic hydroxyl groups is 1. The van der Waals surface area contributed by atoms with Crippen LogP contribution in [0.4, 0.5) is 10.5 Å². The van der Waals surface area contributed by atoms with Crippen LogP contribution in [0.3, 0.4) is 0 Å². The van der Waals surface area contributed by atoms with Crippen LogP contribution >= 0.6 is 31.9 Å². The van der Waals surface area contributed by atoms with Gasteiger partial charge in [-0.3, -0.25) is 9.36 Å². The summed E-state index contributed by atoms with van der Waals surface area (Å²) in [6.45, 7) is 0. The third kappa shape index (κ3) is 5.75. The monoisotopic (exact) mass is 661 g/mol. The van der Waals surface area contributed by atoms with Gasteiger partial charge in [-0.25, -0.2) is 15.2 Å². The molecule has 0 radical (unpaired) electrons. The largest absolute Gasteiger partial charge is 0.504 e. The molecule has 0 bridgehead atoms. The van der Waals surface area contributed by atoms with E-state index in [4.69, 9.17) is 9.72 Å². The molecule has 0 atom stereocenters. The highest BCUT2D eigenvalue weighted by Gasteiger charge is 2.17. The first-order chi connectivity index (χ1) is 19.3. The van der Waals surface area contributed by atoms with E-state index in [0.717, 1.165) is 10.0 Å². The molecule has 0 saturated heterocycles. The smallest absolute Gasteiger partial charge is 0.339 e. The quantitative estimate of drug-likeness (QED) is 0.143. The molecule has 0 aliphatic heterocycles. The molecule has 9 nitrogen and oxygen atoms in total.